The van der Waals surface area contributed by atoms with Crippen LogP contribution in [-0.4, -0.2) is 69.6 Å². The number of ether oxygens (including phenoxy) is 3. The maximum Gasteiger partial charge on any atom is 0.377 e. The van der Waals surface area contributed by atoms with Gasteiger partial charge in [-0.05, 0) is 6.42 Å². The van der Waals surface area contributed by atoms with E-state index in [0.717, 1.165) is 0 Å². The van der Waals surface area contributed by atoms with Gasteiger partial charge >= 0.3 is 12.3 Å². The van der Waals surface area contributed by atoms with Gasteiger partial charge in [-0.25, -0.2) is 4.79 Å². The molecule has 0 heterocycles. The molecule has 0 saturated heterocycles. The smallest absolute Gasteiger partial charge is 0.377 e. The van der Waals surface area contributed by atoms with E-state index in [1.165, 1.54) is 6.92 Å². The maximum atomic E-state index is 11.6. The summed E-state index contributed by atoms with van der Waals surface area (Å²) >= 11 is 0. The molecule has 0 aromatic carbocycles. The molecule has 0 fully saturated rings. The van der Waals surface area contributed by atoms with E-state index < -0.39 is 24.3 Å². The van der Waals surface area contributed by atoms with Crippen LogP contribution in [0.3, 0.4) is 0 Å². The number of carboxylic acids is 1. The van der Waals surface area contributed by atoms with Crippen molar-refractivity contribution in [2.24, 2.45) is 0 Å². The number of likely N-dealkylation sites (N-methyl/N-ethyl adjacent to an activating group) is 1. The van der Waals surface area contributed by atoms with Gasteiger partial charge in [-0.1, -0.05) is 6.92 Å². The van der Waals surface area contributed by atoms with Crippen molar-refractivity contribution in [1.29, 1.82) is 0 Å². The van der Waals surface area contributed by atoms with Crippen molar-refractivity contribution in [2.75, 3.05) is 34.3 Å². The van der Waals surface area contributed by atoms with E-state index in [-0.39, 0.29) is 19.5 Å². The number of nitrogens with zero attached hydrogens (tertiary/aromatic N) is 1. The Balaban J connectivity index is 4.46. The lowest BCUT2D eigenvalue weighted by atomic mass is 10.3. The van der Waals surface area contributed by atoms with Crippen molar-refractivity contribution in [1.82, 2.24) is 0 Å². The van der Waals surface area contributed by atoms with Gasteiger partial charge in [0.2, 0.25) is 0 Å². The number of carbonyl (C=O) groups excluding carboxylic acids is 3. The number of quaternary nitrogens is 1. The zero-order valence-corrected chi connectivity index (χ0v) is 12.2. The highest BCUT2D eigenvalue weighted by molar-refractivity contribution is 5.79. The number of carboxylic acid groups (broad SMARTS) is 1. The molecule has 2 unspecified atom stereocenters. The fourth-order valence-corrected chi connectivity index (χ4v) is 1.14. The Morgan fingerprint density at radius 2 is 1.90 bits per heavy atom. The zero-order valence-electron chi connectivity index (χ0n) is 12.2. The van der Waals surface area contributed by atoms with Crippen LogP contribution in [0.5, 0.6) is 0 Å². The van der Waals surface area contributed by atoms with Crippen molar-refractivity contribution >= 4 is 18.4 Å². The topological polar surface area (TPSA) is 102 Å². The summed E-state index contributed by atoms with van der Waals surface area (Å²) in [6.45, 7) is 2.25. The highest BCUT2D eigenvalue weighted by atomic mass is 16.7. The molecule has 116 valence electrons. The Kier molecular flexibility index (Phi) is 7.78. The van der Waals surface area contributed by atoms with E-state index in [4.69, 9.17) is 4.74 Å². The summed E-state index contributed by atoms with van der Waals surface area (Å²) in [6, 6.07) is 0. The Hall–Kier alpha value is -1.67. The first kappa shape index (κ1) is 18.3. The molecule has 0 N–H and O–H groups in total. The van der Waals surface area contributed by atoms with Crippen LogP contribution in [0, 0.1) is 0 Å². The molecule has 8 heteroatoms. The minimum absolute atomic E-state index is 0.0395. The third kappa shape index (κ3) is 7.70. The lowest BCUT2D eigenvalue weighted by molar-refractivity contribution is -0.870. The van der Waals surface area contributed by atoms with Crippen molar-refractivity contribution in [2.45, 2.75) is 25.7 Å². The van der Waals surface area contributed by atoms with Gasteiger partial charge in [0.05, 0.1) is 27.1 Å². The van der Waals surface area contributed by atoms with E-state index in [1.54, 1.807) is 0 Å². The minimum atomic E-state index is -1.58. The molecular formula is C12H21NO7. The van der Waals surface area contributed by atoms with E-state index in [2.05, 4.69) is 9.47 Å². The lowest BCUT2D eigenvalue weighted by Crippen LogP contribution is -2.43. The first-order valence-corrected chi connectivity index (χ1v) is 6.13. The Bertz CT molecular complexity index is 337. The molecule has 0 saturated carbocycles. The summed E-state index contributed by atoms with van der Waals surface area (Å²) in [5.74, 6) is -2.59. The van der Waals surface area contributed by atoms with Gasteiger partial charge in [0.1, 0.15) is 19.3 Å². The number of hydrogen-bond donors (Lipinski definition) is 0. The van der Waals surface area contributed by atoms with Crippen molar-refractivity contribution in [3.8, 4) is 0 Å². The van der Waals surface area contributed by atoms with Crippen molar-refractivity contribution in [3.63, 3.8) is 0 Å². The molecule has 8 nitrogen and oxygen atoms in total. The summed E-state index contributed by atoms with van der Waals surface area (Å²) in [6.07, 6.45) is -2.93. The first-order valence-electron chi connectivity index (χ1n) is 6.13. The van der Waals surface area contributed by atoms with Crippen LogP contribution in [0.25, 0.3) is 0 Å². The van der Waals surface area contributed by atoms with E-state index in [1.807, 2.05) is 21.1 Å². The van der Waals surface area contributed by atoms with Gasteiger partial charge in [-0.2, -0.15) is 0 Å². The molecule has 0 aromatic heterocycles. The normalized spacial score (nSPS) is 14.2. The van der Waals surface area contributed by atoms with Crippen LogP contribution >= 0.6 is 0 Å². The Morgan fingerprint density at radius 1 is 1.30 bits per heavy atom. The predicted molar refractivity (Wildman–Crippen MR) is 65.0 cm³/mol. The first-order chi connectivity index (χ1) is 9.21. The number of aliphatic carboxylic acids is 1. The Labute approximate surface area is 117 Å². The number of esters is 1. The van der Waals surface area contributed by atoms with Gasteiger partial charge in [0.15, 0.2) is 0 Å². The molecule has 0 rings (SSSR count). The Morgan fingerprint density at radius 3 is 2.30 bits per heavy atom. The van der Waals surface area contributed by atoms with E-state index >= 15 is 0 Å². The SMILES string of the molecule is CCC(OC(=O)C(OC=O)OCC[N+](C)(C)C)C(=O)[O-]. The second-order valence-corrected chi connectivity index (χ2v) is 5.10. The third-order valence-corrected chi connectivity index (χ3v) is 2.30. The number of hydrogen-bond acceptors (Lipinski definition) is 7. The van der Waals surface area contributed by atoms with Crippen LogP contribution in [0.15, 0.2) is 0 Å². The molecule has 0 aliphatic heterocycles. The van der Waals surface area contributed by atoms with Gasteiger partial charge < -0.3 is 28.6 Å². The summed E-state index contributed by atoms with van der Waals surface area (Å²) in [4.78, 5) is 32.6. The molecule has 0 bridgehead atoms. The summed E-state index contributed by atoms with van der Waals surface area (Å²) in [7, 11) is 5.75. The van der Waals surface area contributed by atoms with Gasteiger partial charge in [-0.15, -0.1) is 0 Å². The molecule has 20 heavy (non-hydrogen) atoms. The summed E-state index contributed by atoms with van der Waals surface area (Å²) in [5, 5.41) is 10.6. The second-order valence-electron chi connectivity index (χ2n) is 5.10. The summed E-state index contributed by atoms with van der Waals surface area (Å²) < 4.78 is 14.8. The zero-order chi connectivity index (χ0) is 15.8. The number of carbonyl (C=O) groups is 3. The predicted octanol–water partition coefficient (Wildman–Crippen LogP) is -1.72. The molecule has 0 aliphatic carbocycles. The fourth-order valence-electron chi connectivity index (χ4n) is 1.14. The lowest BCUT2D eigenvalue weighted by Gasteiger charge is -2.25. The fraction of sp³-hybridized carbons (Fsp3) is 0.750. The quantitative estimate of drug-likeness (QED) is 0.204. The standard InChI is InChI=1S/C12H21NO7/c1-5-9(10(15)16)20-11(17)12(19-8-14)18-7-6-13(2,3)4/h8-9,12H,5-7H2,1-4H3. The minimum Gasteiger partial charge on any atom is -0.546 e. The van der Waals surface area contributed by atoms with Crippen LogP contribution in [0.4, 0.5) is 0 Å². The van der Waals surface area contributed by atoms with Crippen LogP contribution < -0.4 is 5.11 Å². The largest absolute Gasteiger partial charge is 0.546 e. The molecular weight excluding hydrogens is 270 g/mol. The van der Waals surface area contributed by atoms with Gasteiger partial charge in [0, 0.05) is 0 Å². The average Bonchev–Trinajstić information content (AvgIpc) is 2.32. The van der Waals surface area contributed by atoms with Crippen LogP contribution in [0.2, 0.25) is 0 Å². The molecule has 0 radical (unpaired) electrons. The molecule has 2 atom stereocenters. The molecule has 0 aromatic rings. The third-order valence-electron chi connectivity index (χ3n) is 2.30. The van der Waals surface area contributed by atoms with Gasteiger partial charge in [-0.3, -0.25) is 4.79 Å². The van der Waals surface area contributed by atoms with Gasteiger partial charge in [0.25, 0.3) is 6.47 Å². The highest BCUT2D eigenvalue weighted by Crippen LogP contribution is 2.04. The molecule has 0 spiro atoms. The van der Waals surface area contributed by atoms with Crippen molar-refractivity contribution in [3.05, 3.63) is 0 Å². The van der Waals surface area contributed by atoms with Crippen LogP contribution in [-0.2, 0) is 28.6 Å². The van der Waals surface area contributed by atoms with Crippen LogP contribution in [0.1, 0.15) is 13.3 Å². The second kappa shape index (κ2) is 8.49. The summed E-state index contributed by atoms with van der Waals surface area (Å²) in [5.41, 5.74) is 0. The molecule has 0 aliphatic rings. The molecule has 0 amide bonds. The van der Waals surface area contributed by atoms with E-state index in [0.29, 0.717) is 11.0 Å². The van der Waals surface area contributed by atoms with E-state index in [9.17, 15) is 19.5 Å². The highest BCUT2D eigenvalue weighted by Gasteiger charge is 2.26. The number of rotatable bonds is 10. The average molecular weight is 291 g/mol. The maximum absolute atomic E-state index is 11.6. The monoisotopic (exact) mass is 291 g/mol. The van der Waals surface area contributed by atoms with Crippen molar-refractivity contribution < 1.29 is 38.2 Å².